The first-order valence-electron chi connectivity index (χ1n) is 9.23. The normalized spacial score (nSPS) is 37.9. The van der Waals surface area contributed by atoms with Crippen molar-refractivity contribution >= 4 is 5.69 Å². The molecule has 0 aromatic heterocycles. The lowest BCUT2D eigenvalue weighted by molar-refractivity contribution is -0.384. The van der Waals surface area contributed by atoms with Crippen molar-refractivity contribution in [3.05, 3.63) is 39.9 Å². The minimum atomic E-state index is -0.780. The Bertz CT molecular complexity index is 769. The number of benzene rings is 1. The number of nitro groups is 1. The Morgan fingerprint density at radius 3 is 2.62 bits per heavy atom. The van der Waals surface area contributed by atoms with Gasteiger partial charge in [0.2, 0.25) is 0 Å². The second kappa shape index (κ2) is 5.77. The monoisotopic (exact) mass is 356 g/mol. The van der Waals surface area contributed by atoms with Gasteiger partial charge in [-0.15, -0.1) is 0 Å². The summed E-state index contributed by atoms with van der Waals surface area (Å²) in [4.78, 5) is 10.3. The molecule has 1 saturated heterocycles. The summed E-state index contributed by atoms with van der Waals surface area (Å²) in [5.41, 5.74) is 1.06. The van der Waals surface area contributed by atoms with E-state index in [1.54, 1.807) is 12.1 Å². The standard InChI is InChI=1S/C20H24N2O4/c1-19(2)15-8-9-20(19,3)18-14(15)10-17(26-18)25-16(11-21)12-4-6-13(7-5-12)22(23)24/h4-7,14-18H,8-10H2,1-3H3/t14-,15-,16+,17-,18-,20+/m1/s1. The third kappa shape index (κ3) is 2.30. The van der Waals surface area contributed by atoms with Crippen LogP contribution in [0.5, 0.6) is 0 Å². The average Bonchev–Trinajstić information content (AvgIpc) is 3.17. The summed E-state index contributed by atoms with van der Waals surface area (Å²) >= 11 is 0. The summed E-state index contributed by atoms with van der Waals surface area (Å²) < 4.78 is 12.3. The molecular formula is C20H24N2O4. The highest BCUT2D eigenvalue weighted by Crippen LogP contribution is 2.71. The second-order valence-corrected chi connectivity index (χ2v) is 8.66. The van der Waals surface area contributed by atoms with Crippen molar-refractivity contribution in [1.29, 1.82) is 5.26 Å². The number of hydrogen-bond donors (Lipinski definition) is 0. The number of nitro benzene ring substituents is 1. The Balaban J connectivity index is 1.47. The maximum absolute atomic E-state index is 10.8. The molecule has 1 aromatic rings. The van der Waals surface area contributed by atoms with E-state index in [1.807, 2.05) is 0 Å². The minimum absolute atomic E-state index is 0.00354. The molecule has 0 amide bonds. The Labute approximate surface area is 153 Å². The first-order chi connectivity index (χ1) is 12.3. The molecule has 6 nitrogen and oxygen atoms in total. The molecule has 138 valence electrons. The molecule has 6 heteroatoms. The number of nitrogens with zero attached hydrogens (tertiary/aromatic N) is 2. The lowest BCUT2D eigenvalue weighted by atomic mass is 9.70. The van der Waals surface area contributed by atoms with E-state index >= 15 is 0 Å². The summed E-state index contributed by atoms with van der Waals surface area (Å²) in [5, 5.41) is 20.3. The molecule has 2 bridgehead atoms. The highest BCUT2D eigenvalue weighted by Gasteiger charge is 2.69. The van der Waals surface area contributed by atoms with Crippen LogP contribution in [-0.4, -0.2) is 17.3 Å². The molecule has 0 spiro atoms. The Kier molecular flexibility index (Phi) is 3.87. The van der Waals surface area contributed by atoms with Gasteiger partial charge in [-0.2, -0.15) is 5.26 Å². The SMILES string of the molecule is CC1(C)[C@@H]2CC[C@@]1(C)[C@@H]1O[C@@H](O[C@@H](C#N)c3ccc([N+](=O)[O-])cc3)C[C@H]21. The Morgan fingerprint density at radius 1 is 1.35 bits per heavy atom. The second-order valence-electron chi connectivity index (χ2n) is 8.66. The van der Waals surface area contributed by atoms with E-state index in [1.165, 1.54) is 25.0 Å². The third-order valence-electron chi connectivity index (χ3n) is 7.48. The van der Waals surface area contributed by atoms with Crippen LogP contribution in [0.4, 0.5) is 5.69 Å². The molecule has 1 aromatic carbocycles. The van der Waals surface area contributed by atoms with Gasteiger partial charge in [-0.3, -0.25) is 10.1 Å². The zero-order chi connectivity index (χ0) is 18.7. The van der Waals surface area contributed by atoms with E-state index in [9.17, 15) is 15.4 Å². The van der Waals surface area contributed by atoms with Gasteiger partial charge in [0.25, 0.3) is 5.69 Å². The molecule has 1 aliphatic heterocycles. The van der Waals surface area contributed by atoms with Gasteiger partial charge in [-0.1, -0.05) is 20.8 Å². The van der Waals surface area contributed by atoms with Gasteiger partial charge in [0.15, 0.2) is 12.4 Å². The Hall–Kier alpha value is -1.97. The average molecular weight is 356 g/mol. The van der Waals surface area contributed by atoms with Gasteiger partial charge in [0, 0.05) is 18.6 Å². The first kappa shape index (κ1) is 17.4. The van der Waals surface area contributed by atoms with Gasteiger partial charge in [-0.05, 0) is 53.2 Å². The van der Waals surface area contributed by atoms with E-state index in [-0.39, 0.29) is 28.9 Å². The van der Waals surface area contributed by atoms with Crippen LogP contribution in [0.15, 0.2) is 24.3 Å². The summed E-state index contributed by atoms with van der Waals surface area (Å²) in [6.45, 7) is 7.05. The molecule has 6 atom stereocenters. The summed E-state index contributed by atoms with van der Waals surface area (Å²) in [5.74, 6) is 1.14. The number of rotatable bonds is 4. The van der Waals surface area contributed by atoms with Crippen LogP contribution in [0.1, 0.15) is 51.7 Å². The number of nitriles is 1. The van der Waals surface area contributed by atoms with Gasteiger partial charge in [0.1, 0.15) is 0 Å². The van der Waals surface area contributed by atoms with E-state index in [2.05, 4.69) is 26.8 Å². The van der Waals surface area contributed by atoms with Gasteiger partial charge >= 0.3 is 0 Å². The molecule has 1 heterocycles. The first-order valence-corrected chi connectivity index (χ1v) is 9.23. The molecule has 4 rings (SSSR count). The third-order valence-corrected chi connectivity index (χ3v) is 7.48. The van der Waals surface area contributed by atoms with Crippen LogP contribution in [-0.2, 0) is 9.47 Å². The van der Waals surface area contributed by atoms with Crippen molar-refractivity contribution < 1.29 is 14.4 Å². The predicted molar refractivity (Wildman–Crippen MR) is 93.9 cm³/mol. The van der Waals surface area contributed by atoms with Crippen LogP contribution in [0.2, 0.25) is 0 Å². The van der Waals surface area contributed by atoms with Crippen molar-refractivity contribution in [1.82, 2.24) is 0 Å². The Morgan fingerprint density at radius 2 is 2.04 bits per heavy atom. The van der Waals surface area contributed by atoms with Crippen LogP contribution >= 0.6 is 0 Å². The molecule has 26 heavy (non-hydrogen) atoms. The molecule has 0 N–H and O–H groups in total. The van der Waals surface area contributed by atoms with E-state index in [4.69, 9.17) is 9.47 Å². The van der Waals surface area contributed by atoms with Crippen molar-refractivity contribution in [2.45, 2.75) is 58.5 Å². The molecule has 0 unspecified atom stereocenters. The number of hydrogen-bond acceptors (Lipinski definition) is 5. The van der Waals surface area contributed by atoms with E-state index < -0.39 is 11.0 Å². The maximum Gasteiger partial charge on any atom is 0.269 e. The maximum atomic E-state index is 10.8. The zero-order valence-corrected chi connectivity index (χ0v) is 15.3. The molecule has 3 fully saturated rings. The van der Waals surface area contributed by atoms with E-state index in [0.717, 1.165) is 6.42 Å². The molecule has 0 radical (unpaired) electrons. The summed E-state index contributed by atoms with van der Waals surface area (Å²) in [6, 6.07) is 8.11. The fraction of sp³-hybridized carbons (Fsp3) is 0.650. The molecule has 2 saturated carbocycles. The number of non-ortho nitro benzene ring substituents is 1. The summed E-state index contributed by atoms with van der Waals surface area (Å²) in [7, 11) is 0. The fourth-order valence-corrected chi connectivity index (χ4v) is 5.68. The predicted octanol–water partition coefficient (Wildman–Crippen LogP) is 4.36. The number of fused-ring (bicyclic) bond motifs is 5. The van der Waals surface area contributed by atoms with Crippen molar-refractivity contribution in [3.63, 3.8) is 0 Å². The van der Waals surface area contributed by atoms with Crippen LogP contribution < -0.4 is 0 Å². The van der Waals surface area contributed by atoms with Crippen molar-refractivity contribution in [3.8, 4) is 6.07 Å². The fourth-order valence-electron chi connectivity index (χ4n) is 5.68. The quantitative estimate of drug-likeness (QED) is 0.591. The highest BCUT2D eigenvalue weighted by molar-refractivity contribution is 5.35. The summed E-state index contributed by atoms with van der Waals surface area (Å²) in [6.07, 6.45) is 2.27. The smallest absolute Gasteiger partial charge is 0.269 e. The lowest BCUT2D eigenvalue weighted by Gasteiger charge is -2.38. The van der Waals surface area contributed by atoms with Crippen LogP contribution in [0.25, 0.3) is 0 Å². The zero-order valence-electron chi connectivity index (χ0n) is 15.3. The lowest BCUT2D eigenvalue weighted by Crippen LogP contribution is -2.38. The van der Waals surface area contributed by atoms with Crippen molar-refractivity contribution in [2.24, 2.45) is 22.7 Å². The molecular weight excluding hydrogens is 332 g/mol. The topological polar surface area (TPSA) is 85.4 Å². The minimum Gasteiger partial charge on any atom is -0.348 e. The van der Waals surface area contributed by atoms with Gasteiger partial charge in [0.05, 0.1) is 17.1 Å². The molecule has 2 aliphatic carbocycles. The van der Waals surface area contributed by atoms with Crippen LogP contribution in [0.3, 0.4) is 0 Å². The van der Waals surface area contributed by atoms with Crippen LogP contribution in [0, 0.1) is 44.1 Å². The molecule has 3 aliphatic rings. The van der Waals surface area contributed by atoms with Crippen molar-refractivity contribution in [2.75, 3.05) is 0 Å². The highest BCUT2D eigenvalue weighted by atomic mass is 16.7. The van der Waals surface area contributed by atoms with Gasteiger partial charge < -0.3 is 9.47 Å². The van der Waals surface area contributed by atoms with E-state index in [0.29, 0.717) is 17.4 Å². The van der Waals surface area contributed by atoms with Gasteiger partial charge in [-0.25, -0.2) is 0 Å². The largest absolute Gasteiger partial charge is 0.348 e. The number of ether oxygens (including phenoxy) is 2.